The summed E-state index contributed by atoms with van der Waals surface area (Å²) >= 11 is 0. The van der Waals surface area contributed by atoms with Crippen LogP contribution in [-0.2, 0) is 14.8 Å². The van der Waals surface area contributed by atoms with Gasteiger partial charge in [0.15, 0.2) is 18.1 Å². The molecule has 25 heavy (non-hydrogen) atoms. The lowest BCUT2D eigenvalue weighted by Gasteiger charge is -2.11. The van der Waals surface area contributed by atoms with E-state index in [1.54, 1.807) is 0 Å². The first-order valence-electron chi connectivity index (χ1n) is 7.02. The van der Waals surface area contributed by atoms with Gasteiger partial charge in [-0.25, -0.2) is 13.6 Å². The molecule has 3 N–H and O–H groups in total. The lowest BCUT2D eigenvalue weighted by molar-refractivity contribution is -0.118. The molecule has 2 aromatic rings. The largest absolute Gasteiger partial charge is 0.493 e. The second-order valence-corrected chi connectivity index (χ2v) is 6.50. The molecule has 0 spiro atoms. The molecule has 0 fully saturated rings. The Balaban J connectivity index is 1.98. The predicted octanol–water partition coefficient (Wildman–Crippen LogP) is 1.17. The summed E-state index contributed by atoms with van der Waals surface area (Å²) in [4.78, 5) is 22.6. The number of carbonyl (C=O) groups excluding carboxylic acids is 2. The highest BCUT2D eigenvalue weighted by atomic mass is 32.2. The number of hydrogen-bond donors (Lipinski definition) is 2. The van der Waals surface area contributed by atoms with Gasteiger partial charge in [-0.2, -0.15) is 0 Å². The summed E-state index contributed by atoms with van der Waals surface area (Å²) in [5.74, 6) is 0.188. The summed E-state index contributed by atoms with van der Waals surface area (Å²) in [5.41, 5.74) is 0.813. The minimum Gasteiger partial charge on any atom is -0.493 e. The number of rotatable bonds is 7. The third-order valence-electron chi connectivity index (χ3n) is 3.15. The Hall–Kier alpha value is -2.91. The first-order chi connectivity index (χ1) is 11.8. The van der Waals surface area contributed by atoms with Crippen LogP contribution in [0.4, 0.5) is 5.69 Å². The molecular formula is C16H16N2O6S. The molecule has 2 aromatic carbocycles. The van der Waals surface area contributed by atoms with Crippen LogP contribution in [0.3, 0.4) is 0 Å². The first-order valence-corrected chi connectivity index (χ1v) is 8.57. The molecule has 9 heteroatoms. The Labute approximate surface area is 144 Å². The summed E-state index contributed by atoms with van der Waals surface area (Å²) < 4.78 is 32.8. The van der Waals surface area contributed by atoms with Crippen LogP contribution in [0.1, 0.15) is 10.4 Å². The van der Waals surface area contributed by atoms with Crippen LogP contribution in [0, 0.1) is 0 Å². The number of anilines is 1. The van der Waals surface area contributed by atoms with Gasteiger partial charge in [0, 0.05) is 11.3 Å². The predicted molar refractivity (Wildman–Crippen MR) is 90.3 cm³/mol. The number of methoxy groups -OCH3 is 1. The number of amides is 1. The van der Waals surface area contributed by atoms with Crippen molar-refractivity contribution in [2.75, 3.05) is 19.0 Å². The van der Waals surface area contributed by atoms with Gasteiger partial charge in [-0.15, -0.1) is 0 Å². The normalized spacial score (nSPS) is 10.8. The van der Waals surface area contributed by atoms with E-state index in [0.717, 1.165) is 0 Å². The van der Waals surface area contributed by atoms with E-state index < -0.39 is 15.9 Å². The van der Waals surface area contributed by atoms with Gasteiger partial charge in [-0.3, -0.25) is 9.59 Å². The molecule has 0 saturated heterocycles. The average Bonchev–Trinajstić information content (AvgIpc) is 2.59. The monoisotopic (exact) mass is 364 g/mol. The zero-order valence-electron chi connectivity index (χ0n) is 13.3. The summed E-state index contributed by atoms with van der Waals surface area (Å²) in [6, 6.07) is 9.95. The highest BCUT2D eigenvalue weighted by molar-refractivity contribution is 7.89. The van der Waals surface area contributed by atoms with Crippen molar-refractivity contribution in [3.8, 4) is 11.5 Å². The number of aldehydes is 1. The Morgan fingerprint density at radius 2 is 1.84 bits per heavy atom. The summed E-state index contributed by atoms with van der Waals surface area (Å²) in [6.45, 7) is -0.298. The molecule has 0 aliphatic carbocycles. The maximum Gasteiger partial charge on any atom is 0.262 e. The molecule has 0 aliphatic heterocycles. The molecule has 0 atom stereocenters. The van der Waals surface area contributed by atoms with E-state index in [4.69, 9.17) is 14.6 Å². The number of sulfonamides is 1. The molecule has 8 nitrogen and oxygen atoms in total. The van der Waals surface area contributed by atoms with Crippen LogP contribution in [0.25, 0.3) is 0 Å². The Morgan fingerprint density at radius 1 is 1.16 bits per heavy atom. The van der Waals surface area contributed by atoms with Gasteiger partial charge in [0.2, 0.25) is 10.0 Å². The van der Waals surface area contributed by atoms with Crippen molar-refractivity contribution in [3.63, 3.8) is 0 Å². The third-order valence-corrected chi connectivity index (χ3v) is 4.08. The number of benzene rings is 2. The van der Waals surface area contributed by atoms with Crippen molar-refractivity contribution in [1.29, 1.82) is 0 Å². The Bertz CT molecular complexity index is 878. The van der Waals surface area contributed by atoms with Gasteiger partial charge in [0.1, 0.15) is 6.29 Å². The van der Waals surface area contributed by atoms with Crippen molar-refractivity contribution in [3.05, 3.63) is 48.0 Å². The lowest BCUT2D eigenvalue weighted by atomic mass is 10.2. The number of primary sulfonamides is 1. The van der Waals surface area contributed by atoms with Crippen molar-refractivity contribution in [2.45, 2.75) is 4.90 Å². The maximum atomic E-state index is 11.9. The molecule has 1 amide bonds. The van der Waals surface area contributed by atoms with E-state index in [2.05, 4.69) is 5.32 Å². The zero-order chi connectivity index (χ0) is 18.4. The Morgan fingerprint density at radius 3 is 2.40 bits per heavy atom. The van der Waals surface area contributed by atoms with E-state index >= 15 is 0 Å². The molecule has 0 aliphatic rings. The second-order valence-electron chi connectivity index (χ2n) is 4.93. The summed E-state index contributed by atoms with van der Waals surface area (Å²) in [5, 5.41) is 7.55. The molecule has 0 radical (unpaired) electrons. The minimum atomic E-state index is -3.78. The van der Waals surface area contributed by atoms with E-state index in [1.165, 1.54) is 49.6 Å². The summed E-state index contributed by atoms with van der Waals surface area (Å²) in [7, 11) is -2.36. The van der Waals surface area contributed by atoms with E-state index in [0.29, 0.717) is 29.0 Å². The molecule has 0 heterocycles. The average molecular weight is 364 g/mol. The van der Waals surface area contributed by atoms with Crippen LogP contribution in [0.15, 0.2) is 47.4 Å². The van der Waals surface area contributed by atoms with Gasteiger partial charge in [0.05, 0.1) is 12.0 Å². The molecule has 132 valence electrons. The van der Waals surface area contributed by atoms with Gasteiger partial charge < -0.3 is 14.8 Å². The van der Waals surface area contributed by atoms with Crippen LogP contribution < -0.4 is 19.9 Å². The molecule has 0 unspecified atom stereocenters. The third kappa shape index (κ3) is 5.03. The zero-order valence-corrected chi connectivity index (χ0v) is 14.1. The number of nitrogens with one attached hydrogen (secondary N) is 1. The topological polar surface area (TPSA) is 125 Å². The lowest BCUT2D eigenvalue weighted by Crippen LogP contribution is -2.20. The number of hydrogen-bond acceptors (Lipinski definition) is 6. The van der Waals surface area contributed by atoms with Crippen molar-refractivity contribution in [1.82, 2.24) is 0 Å². The van der Waals surface area contributed by atoms with Crippen LogP contribution in [0.5, 0.6) is 11.5 Å². The standard InChI is InChI=1S/C16H16N2O6S/c1-23-15-8-11(9-19)2-7-14(15)24-10-16(20)18-12-3-5-13(6-4-12)25(17,21)22/h2-9H,10H2,1H3,(H,18,20)(H2,17,21,22). The quantitative estimate of drug-likeness (QED) is 0.711. The van der Waals surface area contributed by atoms with Gasteiger partial charge in [-0.1, -0.05) is 0 Å². The van der Waals surface area contributed by atoms with Crippen molar-refractivity contribution >= 4 is 27.9 Å². The number of nitrogens with two attached hydrogens (primary N) is 1. The highest BCUT2D eigenvalue weighted by Crippen LogP contribution is 2.27. The van der Waals surface area contributed by atoms with Gasteiger partial charge >= 0.3 is 0 Å². The minimum absolute atomic E-state index is 0.0539. The molecule has 0 bridgehead atoms. The number of ether oxygens (including phenoxy) is 2. The fourth-order valence-corrected chi connectivity index (χ4v) is 2.46. The van der Waals surface area contributed by atoms with E-state index in [9.17, 15) is 18.0 Å². The van der Waals surface area contributed by atoms with Crippen molar-refractivity contribution in [2.24, 2.45) is 5.14 Å². The summed E-state index contributed by atoms with van der Waals surface area (Å²) in [6.07, 6.45) is 0.671. The molecule has 0 saturated carbocycles. The molecule has 0 aromatic heterocycles. The fourth-order valence-electron chi connectivity index (χ4n) is 1.95. The smallest absolute Gasteiger partial charge is 0.262 e. The fraction of sp³-hybridized carbons (Fsp3) is 0.125. The van der Waals surface area contributed by atoms with Crippen LogP contribution >= 0.6 is 0 Å². The highest BCUT2D eigenvalue weighted by Gasteiger charge is 2.10. The number of carbonyl (C=O) groups is 2. The van der Waals surface area contributed by atoms with Crippen molar-refractivity contribution < 1.29 is 27.5 Å². The van der Waals surface area contributed by atoms with Gasteiger partial charge in [-0.05, 0) is 42.5 Å². The van der Waals surface area contributed by atoms with E-state index in [-0.39, 0.29) is 11.5 Å². The Kier molecular flexibility index (Phi) is 5.73. The first kappa shape index (κ1) is 18.4. The van der Waals surface area contributed by atoms with Gasteiger partial charge in [0.25, 0.3) is 5.91 Å². The van der Waals surface area contributed by atoms with E-state index in [1.807, 2.05) is 0 Å². The molecule has 2 rings (SSSR count). The van der Waals surface area contributed by atoms with Crippen LogP contribution in [-0.4, -0.2) is 34.3 Å². The maximum absolute atomic E-state index is 11.9. The second kappa shape index (κ2) is 7.77. The van der Waals surface area contributed by atoms with Crippen LogP contribution in [0.2, 0.25) is 0 Å². The molecular weight excluding hydrogens is 348 g/mol. The SMILES string of the molecule is COc1cc(C=O)ccc1OCC(=O)Nc1ccc(S(N)(=O)=O)cc1.